The van der Waals surface area contributed by atoms with E-state index in [1.807, 2.05) is 0 Å². The summed E-state index contributed by atoms with van der Waals surface area (Å²) >= 11 is 0. The van der Waals surface area contributed by atoms with Crippen LogP contribution in [-0.4, -0.2) is 17.5 Å². The first kappa shape index (κ1) is 19.2. The van der Waals surface area contributed by atoms with Crippen molar-refractivity contribution in [3.8, 4) is 0 Å². The molecule has 0 heterocycles. The number of benzene rings is 2. The number of nitro groups is 1. The van der Waals surface area contributed by atoms with Crippen molar-refractivity contribution in [3.63, 3.8) is 0 Å². The van der Waals surface area contributed by atoms with Crippen molar-refractivity contribution in [1.82, 2.24) is 0 Å². The maximum absolute atomic E-state index is 12.5. The summed E-state index contributed by atoms with van der Waals surface area (Å²) in [5.74, 6) is -0.739. The molecule has 0 fully saturated rings. The van der Waals surface area contributed by atoms with Crippen molar-refractivity contribution < 1.29 is 27.6 Å². The standard InChI is InChI=1S/C18H14F3NO4/c19-18(20,21)16-7-5-15(6-8-16)17(23)26-12-10-14-4-2-1-3-13(14)9-11-22(24)25/h1-9,11H,10,12H2. The van der Waals surface area contributed by atoms with Crippen LogP contribution in [0.2, 0.25) is 0 Å². The predicted octanol–water partition coefficient (Wildman–Crippen LogP) is 4.35. The molecule has 5 nitrogen and oxygen atoms in total. The van der Waals surface area contributed by atoms with E-state index in [9.17, 15) is 28.1 Å². The lowest BCUT2D eigenvalue weighted by molar-refractivity contribution is -0.400. The van der Waals surface area contributed by atoms with Crippen LogP contribution in [0.3, 0.4) is 0 Å². The normalized spacial score (nSPS) is 11.5. The Kier molecular flexibility index (Phi) is 6.11. The van der Waals surface area contributed by atoms with Crippen LogP contribution in [0.25, 0.3) is 6.08 Å². The summed E-state index contributed by atoms with van der Waals surface area (Å²) in [5, 5.41) is 10.4. The monoisotopic (exact) mass is 365 g/mol. The Morgan fingerprint density at radius 2 is 1.77 bits per heavy atom. The maximum Gasteiger partial charge on any atom is 0.416 e. The van der Waals surface area contributed by atoms with Gasteiger partial charge in [0, 0.05) is 12.5 Å². The first-order valence-electron chi connectivity index (χ1n) is 7.51. The molecule has 2 aromatic rings. The zero-order chi connectivity index (χ0) is 19.2. The van der Waals surface area contributed by atoms with Gasteiger partial charge in [-0.3, -0.25) is 10.1 Å². The van der Waals surface area contributed by atoms with E-state index in [2.05, 4.69) is 0 Å². The number of ether oxygens (including phenoxy) is 1. The van der Waals surface area contributed by atoms with Gasteiger partial charge in [-0.25, -0.2) is 4.79 Å². The van der Waals surface area contributed by atoms with Gasteiger partial charge in [0.2, 0.25) is 6.20 Å². The van der Waals surface area contributed by atoms with Crippen molar-refractivity contribution in [3.05, 3.63) is 87.1 Å². The minimum Gasteiger partial charge on any atom is -0.462 e. The molecule has 0 radical (unpaired) electrons. The van der Waals surface area contributed by atoms with Crippen LogP contribution in [0, 0.1) is 10.1 Å². The number of alkyl halides is 3. The second kappa shape index (κ2) is 8.28. The Balaban J connectivity index is 1.96. The number of hydrogen-bond acceptors (Lipinski definition) is 4. The molecular weight excluding hydrogens is 351 g/mol. The molecule has 2 aromatic carbocycles. The molecule has 0 N–H and O–H groups in total. The fourth-order valence-corrected chi connectivity index (χ4v) is 2.20. The van der Waals surface area contributed by atoms with Gasteiger partial charge in [-0.15, -0.1) is 0 Å². The average Bonchev–Trinajstić information content (AvgIpc) is 2.60. The van der Waals surface area contributed by atoms with Gasteiger partial charge in [0.1, 0.15) is 0 Å². The van der Waals surface area contributed by atoms with Gasteiger partial charge in [-0.05, 0) is 35.4 Å². The lowest BCUT2D eigenvalue weighted by atomic mass is 10.1. The third-order valence-electron chi connectivity index (χ3n) is 3.48. The Bertz CT molecular complexity index is 814. The van der Waals surface area contributed by atoms with Crippen LogP contribution in [0.1, 0.15) is 27.0 Å². The SMILES string of the molecule is O=C(OCCc1ccccc1C=C[N+](=O)[O-])c1ccc(C(F)(F)F)cc1. The summed E-state index contributed by atoms with van der Waals surface area (Å²) in [7, 11) is 0. The molecule has 0 amide bonds. The van der Waals surface area contributed by atoms with Gasteiger partial charge in [0.15, 0.2) is 0 Å². The molecule has 26 heavy (non-hydrogen) atoms. The van der Waals surface area contributed by atoms with E-state index in [1.54, 1.807) is 24.3 Å². The van der Waals surface area contributed by atoms with Crippen LogP contribution in [0.5, 0.6) is 0 Å². The number of esters is 1. The van der Waals surface area contributed by atoms with Gasteiger partial charge >= 0.3 is 12.1 Å². The summed E-state index contributed by atoms with van der Waals surface area (Å²) in [5.41, 5.74) is 0.528. The van der Waals surface area contributed by atoms with Crippen LogP contribution in [0.15, 0.2) is 54.7 Å². The molecule has 0 spiro atoms. The molecule has 0 aliphatic carbocycles. The van der Waals surface area contributed by atoms with Crippen LogP contribution in [0.4, 0.5) is 13.2 Å². The van der Waals surface area contributed by atoms with Gasteiger partial charge in [0.25, 0.3) is 0 Å². The van der Waals surface area contributed by atoms with Crippen molar-refractivity contribution in [2.45, 2.75) is 12.6 Å². The van der Waals surface area contributed by atoms with E-state index >= 15 is 0 Å². The first-order valence-corrected chi connectivity index (χ1v) is 7.51. The van der Waals surface area contributed by atoms with Gasteiger partial charge in [-0.2, -0.15) is 13.2 Å². The summed E-state index contributed by atoms with van der Waals surface area (Å²) in [6.45, 7) is -0.0107. The molecule has 136 valence electrons. The second-order valence-electron chi connectivity index (χ2n) is 5.26. The number of nitrogens with zero attached hydrogens (tertiary/aromatic N) is 1. The molecule has 0 bridgehead atoms. The molecule has 0 aliphatic heterocycles. The van der Waals surface area contributed by atoms with Crippen molar-refractivity contribution in [1.29, 1.82) is 0 Å². The van der Waals surface area contributed by atoms with E-state index in [1.165, 1.54) is 6.08 Å². The van der Waals surface area contributed by atoms with Crippen molar-refractivity contribution in [2.75, 3.05) is 6.61 Å². The van der Waals surface area contributed by atoms with E-state index in [0.29, 0.717) is 12.0 Å². The number of carbonyl (C=O) groups is 1. The van der Waals surface area contributed by atoms with E-state index in [0.717, 1.165) is 36.0 Å². The highest BCUT2D eigenvalue weighted by molar-refractivity contribution is 5.89. The molecular formula is C18H14F3NO4. The largest absolute Gasteiger partial charge is 0.462 e. The number of hydrogen-bond donors (Lipinski definition) is 0. The topological polar surface area (TPSA) is 69.4 Å². The smallest absolute Gasteiger partial charge is 0.416 e. The molecule has 0 atom stereocenters. The second-order valence-corrected chi connectivity index (χ2v) is 5.26. The molecule has 8 heteroatoms. The van der Waals surface area contributed by atoms with Gasteiger partial charge < -0.3 is 4.74 Å². The average molecular weight is 365 g/mol. The Hall–Kier alpha value is -3.16. The zero-order valence-electron chi connectivity index (χ0n) is 13.4. The molecule has 0 saturated carbocycles. The fraction of sp³-hybridized carbons (Fsp3) is 0.167. The van der Waals surface area contributed by atoms with Gasteiger partial charge in [-0.1, -0.05) is 24.3 Å². The predicted molar refractivity (Wildman–Crippen MR) is 87.9 cm³/mol. The van der Waals surface area contributed by atoms with E-state index in [4.69, 9.17) is 4.74 Å². The van der Waals surface area contributed by atoms with Crippen LogP contribution in [-0.2, 0) is 17.3 Å². The highest BCUT2D eigenvalue weighted by Gasteiger charge is 2.30. The Morgan fingerprint density at radius 1 is 1.12 bits per heavy atom. The molecule has 0 unspecified atom stereocenters. The molecule has 0 aliphatic rings. The lowest BCUT2D eigenvalue weighted by Gasteiger charge is -2.09. The summed E-state index contributed by atoms with van der Waals surface area (Å²) < 4.78 is 42.6. The minimum atomic E-state index is -4.47. The Morgan fingerprint density at radius 3 is 2.38 bits per heavy atom. The molecule has 0 aromatic heterocycles. The zero-order valence-corrected chi connectivity index (χ0v) is 13.4. The minimum absolute atomic E-state index is 0.0107. The quantitative estimate of drug-likeness (QED) is 0.433. The third-order valence-corrected chi connectivity index (χ3v) is 3.48. The van der Waals surface area contributed by atoms with Crippen molar-refractivity contribution in [2.24, 2.45) is 0 Å². The fourth-order valence-electron chi connectivity index (χ4n) is 2.20. The van der Waals surface area contributed by atoms with E-state index in [-0.39, 0.29) is 12.2 Å². The van der Waals surface area contributed by atoms with Crippen LogP contribution >= 0.6 is 0 Å². The first-order chi connectivity index (χ1) is 12.3. The lowest BCUT2D eigenvalue weighted by Crippen LogP contribution is -2.10. The highest BCUT2D eigenvalue weighted by Crippen LogP contribution is 2.29. The summed E-state index contributed by atoms with van der Waals surface area (Å²) in [4.78, 5) is 21.7. The number of rotatable bonds is 6. The Labute approximate surface area is 146 Å². The molecule has 0 saturated heterocycles. The van der Waals surface area contributed by atoms with Crippen molar-refractivity contribution >= 4 is 12.0 Å². The maximum atomic E-state index is 12.5. The van der Waals surface area contributed by atoms with Crippen LogP contribution < -0.4 is 0 Å². The summed E-state index contributed by atoms with van der Waals surface area (Å²) in [6.07, 6.45) is -2.01. The van der Waals surface area contributed by atoms with E-state index < -0.39 is 22.6 Å². The molecule has 2 rings (SSSR count). The van der Waals surface area contributed by atoms with Gasteiger partial charge in [0.05, 0.1) is 22.7 Å². The third kappa shape index (κ3) is 5.44. The highest BCUT2D eigenvalue weighted by atomic mass is 19.4. The number of carbonyl (C=O) groups excluding carboxylic acids is 1. The summed E-state index contributed by atoms with van der Waals surface area (Å²) in [6, 6.07) is 10.6. The number of halogens is 3.